The third-order valence-corrected chi connectivity index (χ3v) is 4.36. The fourth-order valence-corrected chi connectivity index (χ4v) is 3.01. The van der Waals surface area contributed by atoms with E-state index in [4.69, 9.17) is 4.74 Å². The predicted octanol–water partition coefficient (Wildman–Crippen LogP) is 3.06. The molecule has 1 unspecified atom stereocenters. The van der Waals surface area contributed by atoms with Gasteiger partial charge in [-0.05, 0) is 42.7 Å². The van der Waals surface area contributed by atoms with Gasteiger partial charge in [0.25, 0.3) is 0 Å². The number of carbonyl (C=O) groups is 2. The molecule has 26 heavy (non-hydrogen) atoms. The molecule has 0 spiro atoms. The number of halogens is 1. The Kier molecular flexibility index (Phi) is 5.41. The number of pyridine rings is 1. The van der Waals surface area contributed by atoms with Crippen LogP contribution in [0.25, 0.3) is 17.3 Å². The van der Waals surface area contributed by atoms with Gasteiger partial charge in [0, 0.05) is 24.4 Å². The maximum absolute atomic E-state index is 13.8. The van der Waals surface area contributed by atoms with Crippen LogP contribution in [-0.4, -0.2) is 41.5 Å². The van der Waals surface area contributed by atoms with Crippen LogP contribution in [0.15, 0.2) is 48.7 Å². The number of rotatable bonds is 4. The molecule has 2 heterocycles. The molecule has 6 heteroatoms. The lowest BCUT2D eigenvalue weighted by atomic mass is 10.1. The number of amides is 1. The number of ether oxygens (including phenoxy) is 1. The van der Waals surface area contributed by atoms with E-state index in [0.717, 1.165) is 6.42 Å². The second-order valence-electron chi connectivity index (χ2n) is 6.00. The number of likely N-dealkylation sites (tertiary alicyclic amines) is 1. The molecule has 1 amide bonds. The molecule has 1 aromatic carbocycles. The fourth-order valence-electron chi connectivity index (χ4n) is 3.01. The molecule has 3 rings (SSSR count). The Morgan fingerprint density at radius 1 is 1.27 bits per heavy atom. The summed E-state index contributed by atoms with van der Waals surface area (Å²) in [4.78, 5) is 29.8. The van der Waals surface area contributed by atoms with Crippen LogP contribution < -0.4 is 0 Å². The molecule has 0 aliphatic carbocycles. The number of methoxy groups -OCH3 is 1. The minimum atomic E-state index is -0.515. The first-order valence-electron chi connectivity index (χ1n) is 8.37. The van der Waals surface area contributed by atoms with Crippen molar-refractivity contribution in [3.05, 3.63) is 60.1 Å². The summed E-state index contributed by atoms with van der Waals surface area (Å²) < 4.78 is 18.5. The van der Waals surface area contributed by atoms with Gasteiger partial charge in [-0.15, -0.1) is 0 Å². The SMILES string of the molecule is COC(=O)C1CCCN1C(=O)/C=C/c1ccc(-c2ccccc2F)nc1. The van der Waals surface area contributed by atoms with Gasteiger partial charge in [0.05, 0.1) is 12.8 Å². The smallest absolute Gasteiger partial charge is 0.328 e. The van der Waals surface area contributed by atoms with Gasteiger partial charge >= 0.3 is 5.97 Å². The molecule has 0 saturated carbocycles. The average Bonchev–Trinajstić information content (AvgIpc) is 3.16. The van der Waals surface area contributed by atoms with Crippen molar-refractivity contribution >= 4 is 18.0 Å². The number of carbonyl (C=O) groups excluding carboxylic acids is 2. The van der Waals surface area contributed by atoms with Crippen LogP contribution in [0.1, 0.15) is 18.4 Å². The number of hydrogen-bond donors (Lipinski definition) is 0. The van der Waals surface area contributed by atoms with Crippen LogP contribution in [0, 0.1) is 5.82 Å². The first-order valence-corrected chi connectivity index (χ1v) is 8.37. The Labute approximate surface area is 151 Å². The summed E-state index contributed by atoms with van der Waals surface area (Å²) >= 11 is 0. The van der Waals surface area contributed by atoms with E-state index in [0.29, 0.717) is 29.8 Å². The van der Waals surface area contributed by atoms with Gasteiger partial charge in [0.15, 0.2) is 0 Å². The van der Waals surface area contributed by atoms with Crippen LogP contribution in [0.2, 0.25) is 0 Å². The predicted molar refractivity (Wildman–Crippen MR) is 95.4 cm³/mol. The van der Waals surface area contributed by atoms with Crippen molar-refractivity contribution < 1.29 is 18.7 Å². The summed E-state index contributed by atoms with van der Waals surface area (Å²) in [5.41, 5.74) is 1.67. The molecule has 1 aliphatic heterocycles. The van der Waals surface area contributed by atoms with Crippen molar-refractivity contribution in [1.29, 1.82) is 0 Å². The monoisotopic (exact) mass is 354 g/mol. The molecule has 1 atom stereocenters. The van der Waals surface area contributed by atoms with E-state index in [1.54, 1.807) is 42.6 Å². The standard InChI is InChI=1S/C20H19FN2O3/c1-26-20(25)18-7-4-12-23(18)19(24)11-9-14-8-10-17(22-13-14)15-5-2-3-6-16(15)21/h2-3,5-6,8-11,13,18H,4,7,12H2,1H3/b11-9+. The molecule has 2 aromatic rings. The highest BCUT2D eigenvalue weighted by atomic mass is 19.1. The molecule has 5 nitrogen and oxygen atoms in total. The third kappa shape index (κ3) is 3.79. The summed E-state index contributed by atoms with van der Waals surface area (Å²) in [5, 5.41) is 0. The summed E-state index contributed by atoms with van der Waals surface area (Å²) in [6, 6.07) is 9.38. The lowest BCUT2D eigenvalue weighted by Crippen LogP contribution is -2.40. The van der Waals surface area contributed by atoms with Crippen molar-refractivity contribution in [3.63, 3.8) is 0 Å². The average molecular weight is 354 g/mol. The van der Waals surface area contributed by atoms with E-state index in [-0.39, 0.29) is 17.7 Å². The first kappa shape index (κ1) is 17.8. The molecular formula is C20H19FN2O3. The Morgan fingerprint density at radius 3 is 2.77 bits per heavy atom. The minimum absolute atomic E-state index is 0.240. The number of nitrogens with zero attached hydrogens (tertiary/aromatic N) is 2. The largest absolute Gasteiger partial charge is 0.467 e. The van der Waals surface area contributed by atoms with E-state index in [2.05, 4.69) is 4.98 Å². The number of esters is 1. The van der Waals surface area contributed by atoms with E-state index >= 15 is 0 Å². The van der Waals surface area contributed by atoms with Gasteiger partial charge in [0.2, 0.25) is 5.91 Å². The highest BCUT2D eigenvalue weighted by molar-refractivity contribution is 5.95. The molecule has 0 bridgehead atoms. The van der Waals surface area contributed by atoms with Gasteiger partial charge in [-0.2, -0.15) is 0 Å². The van der Waals surface area contributed by atoms with Gasteiger partial charge < -0.3 is 9.64 Å². The van der Waals surface area contributed by atoms with E-state index in [1.807, 2.05) is 0 Å². The van der Waals surface area contributed by atoms with Crippen LogP contribution in [0.5, 0.6) is 0 Å². The summed E-state index contributed by atoms with van der Waals surface area (Å²) in [5.74, 6) is -0.961. The Morgan fingerprint density at radius 2 is 2.08 bits per heavy atom. The second-order valence-corrected chi connectivity index (χ2v) is 6.00. The lowest BCUT2D eigenvalue weighted by Gasteiger charge is -2.20. The molecule has 1 saturated heterocycles. The molecule has 1 aromatic heterocycles. The number of hydrogen-bond acceptors (Lipinski definition) is 4. The van der Waals surface area contributed by atoms with Crippen LogP contribution >= 0.6 is 0 Å². The van der Waals surface area contributed by atoms with Crippen molar-refractivity contribution in [2.45, 2.75) is 18.9 Å². The zero-order chi connectivity index (χ0) is 18.5. The number of benzene rings is 1. The highest BCUT2D eigenvalue weighted by Crippen LogP contribution is 2.21. The van der Waals surface area contributed by atoms with Crippen molar-refractivity contribution in [2.24, 2.45) is 0 Å². The molecule has 0 radical (unpaired) electrons. The molecule has 1 aliphatic rings. The summed E-state index contributed by atoms with van der Waals surface area (Å²) in [6.45, 7) is 0.535. The Balaban J connectivity index is 1.70. The van der Waals surface area contributed by atoms with E-state index in [1.165, 1.54) is 24.2 Å². The highest BCUT2D eigenvalue weighted by Gasteiger charge is 2.33. The summed E-state index contributed by atoms with van der Waals surface area (Å²) in [7, 11) is 1.32. The van der Waals surface area contributed by atoms with Crippen LogP contribution in [0.4, 0.5) is 4.39 Å². The van der Waals surface area contributed by atoms with Gasteiger partial charge in [-0.25, -0.2) is 9.18 Å². The zero-order valence-corrected chi connectivity index (χ0v) is 14.4. The lowest BCUT2D eigenvalue weighted by molar-refractivity contribution is -0.149. The zero-order valence-electron chi connectivity index (χ0n) is 14.4. The number of aromatic nitrogens is 1. The topological polar surface area (TPSA) is 59.5 Å². The van der Waals surface area contributed by atoms with Crippen molar-refractivity contribution in [3.8, 4) is 11.3 Å². The quantitative estimate of drug-likeness (QED) is 0.625. The Bertz CT molecular complexity index is 833. The third-order valence-electron chi connectivity index (χ3n) is 4.36. The van der Waals surface area contributed by atoms with Crippen molar-refractivity contribution in [1.82, 2.24) is 9.88 Å². The maximum Gasteiger partial charge on any atom is 0.328 e. The van der Waals surface area contributed by atoms with Crippen LogP contribution in [-0.2, 0) is 14.3 Å². The van der Waals surface area contributed by atoms with Crippen molar-refractivity contribution in [2.75, 3.05) is 13.7 Å². The first-order chi connectivity index (χ1) is 12.6. The molecule has 1 fully saturated rings. The maximum atomic E-state index is 13.8. The second kappa shape index (κ2) is 7.91. The van der Waals surface area contributed by atoms with Crippen LogP contribution in [0.3, 0.4) is 0 Å². The van der Waals surface area contributed by atoms with Gasteiger partial charge in [-0.1, -0.05) is 18.2 Å². The van der Waals surface area contributed by atoms with Gasteiger partial charge in [-0.3, -0.25) is 9.78 Å². The van der Waals surface area contributed by atoms with E-state index < -0.39 is 6.04 Å². The van der Waals surface area contributed by atoms with Gasteiger partial charge in [0.1, 0.15) is 11.9 Å². The normalized spacial score (nSPS) is 16.8. The van der Waals surface area contributed by atoms with E-state index in [9.17, 15) is 14.0 Å². The molecular weight excluding hydrogens is 335 g/mol. The minimum Gasteiger partial charge on any atom is -0.467 e. The molecule has 134 valence electrons. The fraction of sp³-hybridized carbons (Fsp3) is 0.250. The summed E-state index contributed by atoms with van der Waals surface area (Å²) in [6.07, 6.45) is 6.02. The Hall–Kier alpha value is -3.02. The molecule has 0 N–H and O–H groups in total.